The molecule has 0 radical (unpaired) electrons. The Morgan fingerprint density at radius 3 is 2.52 bits per heavy atom. The van der Waals surface area contributed by atoms with Gasteiger partial charge in [-0.1, -0.05) is 25.1 Å². The molecule has 2 unspecified atom stereocenters. The van der Waals surface area contributed by atoms with Crippen molar-refractivity contribution in [3.8, 4) is 0 Å². The van der Waals surface area contributed by atoms with Crippen molar-refractivity contribution in [3.63, 3.8) is 0 Å². The van der Waals surface area contributed by atoms with Crippen molar-refractivity contribution >= 4 is 17.5 Å². The van der Waals surface area contributed by atoms with Crippen molar-refractivity contribution in [2.45, 2.75) is 40.0 Å². The first kappa shape index (κ1) is 16.0. The van der Waals surface area contributed by atoms with Crippen molar-refractivity contribution < 1.29 is 9.59 Å². The van der Waals surface area contributed by atoms with Gasteiger partial charge in [0.2, 0.25) is 11.8 Å². The molecule has 4 nitrogen and oxygen atoms in total. The minimum absolute atomic E-state index is 0.0748. The van der Waals surface area contributed by atoms with Gasteiger partial charge < -0.3 is 9.80 Å². The van der Waals surface area contributed by atoms with E-state index in [9.17, 15) is 9.59 Å². The van der Waals surface area contributed by atoms with Gasteiger partial charge in [0.25, 0.3) is 0 Å². The fraction of sp³-hybridized carbons (Fsp3) is 0.579. The molecular formula is C19H26N2O2. The number of para-hydroxylation sites is 1. The maximum absolute atomic E-state index is 12.8. The third-order valence-electron chi connectivity index (χ3n) is 5.15. The number of likely N-dealkylation sites (tertiary alicyclic amines) is 1. The second kappa shape index (κ2) is 6.34. The zero-order valence-electron chi connectivity index (χ0n) is 14.3. The fourth-order valence-electron chi connectivity index (χ4n) is 3.97. The van der Waals surface area contributed by atoms with Gasteiger partial charge >= 0.3 is 0 Å². The van der Waals surface area contributed by atoms with Crippen LogP contribution in [0.4, 0.5) is 5.69 Å². The number of hydrogen-bond acceptors (Lipinski definition) is 2. The topological polar surface area (TPSA) is 40.6 Å². The normalized spacial score (nSPS) is 25.1. The number of anilines is 1. The standard InChI is InChI=1S/C19H26N2O2/c1-13-6-5-9-20(11-13)19(23)16-10-17(22)21(12-16)18-14(2)7-4-8-15(18)3/h4,7-8,13,16H,5-6,9-12H2,1-3H3. The largest absolute Gasteiger partial charge is 0.342 e. The molecule has 2 amide bonds. The Kier molecular flexibility index (Phi) is 4.42. The van der Waals surface area contributed by atoms with Crippen molar-refractivity contribution in [2.24, 2.45) is 11.8 Å². The van der Waals surface area contributed by atoms with E-state index < -0.39 is 0 Å². The highest BCUT2D eigenvalue weighted by molar-refractivity contribution is 6.01. The lowest BCUT2D eigenvalue weighted by Gasteiger charge is -2.32. The summed E-state index contributed by atoms with van der Waals surface area (Å²) in [5.74, 6) is 0.621. The van der Waals surface area contributed by atoms with Crippen molar-refractivity contribution in [1.29, 1.82) is 0 Å². The highest BCUT2D eigenvalue weighted by Crippen LogP contribution is 2.32. The number of amides is 2. The summed E-state index contributed by atoms with van der Waals surface area (Å²) < 4.78 is 0. The Hall–Kier alpha value is -1.84. The summed E-state index contributed by atoms with van der Waals surface area (Å²) in [6, 6.07) is 6.06. The molecule has 1 aromatic rings. The molecule has 1 aromatic carbocycles. The van der Waals surface area contributed by atoms with Gasteiger partial charge in [0.15, 0.2) is 0 Å². The lowest BCUT2D eigenvalue weighted by Crippen LogP contribution is -2.43. The van der Waals surface area contributed by atoms with Crippen molar-refractivity contribution in [2.75, 3.05) is 24.5 Å². The lowest BCUT2D eigenvalue weighted by atomic mass is 9.98. The summed E-state index contributed by atoms with van der Waals surface area (Å²) >= 11 is 0. The summed E-state index contributed by atoms with van der Waals surface area (Å²) in [6.07, 6.45) is 2.62. The molecule has 0 spiro atoms. The smallest absolute Gasteiger partial charge is 0.228 e. The molecule has 0 N–H and O–H groups in total. The Balaban J connectivity index is 1.76. The minimum atomic E-state index is -0.188. The Morgan fingerprint density at radius 2 is 1.87 bits per heavy atom. The van der Waals surface area contributed by atoms with E-state index >= 15 is 0 Å². The van der Waals surface area contributed by atoms with Crippen LogP contribution in [0.25, 0.3) is 0 Å². The van der Waals surface area contributed by atoms with E-state index in [2.05, 4.69) is 6.92 Å². The maximum atomic E-state index is 12.8. The van der Waals surface area contributed by atoms with E-state index in [0.29, 0.717) is 18.9 Å². The van der Waals surface area contributed by atoms with Crippen LogP contribution in [0.1, 0.15) is 37.3 Å². The summed E-state index contributed by atoms with van der Waals surface area (Å²) in [6.45, 7) is 8.45. The number of nitrogens with zero attached hydrogens (tertiary/aromatic N) is 2. The van der Waals surface area contributed by atoms with E-state index in [1.54, 1.807) is 0 Å². The molecule has 0 saturated carbocycles. The van der Waals surface area contributed by atoms with Crippen LogP contribution < -0.4 is 4.90 Å². The molecule has 2 aliphatic rings. The molecule has 0 aliphatic carbocycles. The second-order valence-corrected chi connectivity index (χ2v) is 7.18. The van der Waals surface area contributed by atoms with E-state index in [4.69, 9.17) is 0 Å². The van der Waals surface area contributed by atoms with Gasteiger partial charge in [0.05, 0.1) is 5.92 Å². The molecular weight excluding hydrogens is 288 g/mol. The van der Waals surface area contributed by atoms with Gasteiger partial charge in [-0.15, -0.1) is 0 Å². The fourth-order valence-corrected chi connectivity index (χ4v) is 3.97. The molecule has 2 saturated heterocycles. The van der Waals surface area contributed by atoms with E-state index in [1.165, 1.54) is 6.42 Å². The zero-order valence-corrected chi connectivity index (χ0v) is 14.3. The molecule has 124 valence electrons. The van der Waals surface area contributed by atoms with E-state index in [0.717, 1.165) is 36.3 Å². The third-order valence-corrected chi connectivity index (χ3v) is 5.15. The summed E-state index contributed by atoms with van der Waals surface area (Å²) in [5.41, 5.74) is 3.18. The zero-order chi connectivity index (χ0) is 16.6. The van der Waals surface area contributed by atoms with Gasteiger partial charge in [-0.2, -0.15) is 0 Å². The van der Waals surface area contributed by atoms with E-state index in [1.807, 2.05) is 41.8 Å². The number of rotatable bonds is 2. The van der Waals surface area contributed by atoms with Crippen LogP contribution in [0.3, 0.4) is 0 Å². The number of hydrogen-bond donors (Lipinski definition) is 0. The number of carbonyl (C=O) groups is 2. The molecule has 3 rings (SSSR count). The highest BCUT2D eigenvalue weighted by atomic mass is 16.2. The van der Waals surface area contributed by atoms with Gasteiger partial charge in [-0.05, 0) is 43.7 Å². The minimum Gasteiger partial charge on any atom is -0.342 e. The Bertz CT molecular complexity index is 606. The van der Waals surface area contributed by atoms with Crippen LogP contribution in [-0.2, 0) is 9.59 Å². The van der Waals surface area contributed by atoms with Gasteiger partial charge in [-0.3, -0.25) is 9.59 Å². The number of carbonyl (C=O) groups excluding carboxylic acids is 2. The average molecular weight is 314 g/mol. The molecule has 23 heavy (non-hydrogen) atoms. The quantitative estimate of drug-likeness (QED) is 0.842. The number of benzene rings is 1. The van der Waals surface area contributed by atoms with Crippen LogP contribution in [-0.4, -0.2) is 36.3 Å². The van der Waals surface area contributed by atoms with Gasteiger partial charge in [0.1, 0.15) is 0 Å². The predicted octanol–water partition coefficient (Wildman–Crippen LogP) is 2.91. The number of piperidine rings is 1. The monoisotopic (exact) mass is 314 g/mol. The molecule has 2 aliphatic heterocycles. The second-order valence-electron chi connectivity index (χ2n) is 7.18. The summed E-state index contributed by atoms with van der Waals surface area (Å²) in [4.78, 5) is 29.1. The average Bonchev–Trinajstić information content (AvgIpc) is 2.88. The predicted molar refractivity (Wildman–Crippen MR) is 91.4 cm³/mol. The Labute approximate surface area is 138 Å². The number of aryl methyl sites for hydroxylation is 2. The molecule has 2 atom stereocenters. The van der Waals surface area contributed by atoms with E-state index in [-0.39, 0.29) is 17.7 Å². The molecule has 0 bridgehead atoms. The van der Waals surface area contributed by atoms with Crippen LogP contribution in [0.2, 0.25) is 0 Å². The Morgan fingerprint density at radius 1 is 1.17 bits per heavy atom. The van der Waals surface area contributed by atoms with Crippen molar-refractivity contribution in [3.05, 3.63) is 29.3 Å². The first-order chi connectivity index (χ1) is 11.0. The summed E-state index contributed by atoms with van der Waals surface area (Å²) in [7, 11) is 0. The first-order valence-corrected chi connectivity index (χ1v) is 8.62. The maximum Gasteiger partial charge on any atom is 0.228 e. The molecule has 4 heteroatoms. The van der Waals surface area contributed by atoms with Crippen molar-refractivity contribution in [1.82, 2.24) is 4.90 Å². The van der Waals surface area contributed by atoms with Crippen LogP contribution >= 0.6 is 0 Å². The molecule has 2 fully saturated rings. The first-order valence-electron chi connectivity index (χ1n) is 8.62. The van der Waals surface area contributed by atoms with Gasteiger partial charge in [-0.25, -0.2) is 0 Å². The molecule has 0 aromatic heterocycles. The van der Waals surface area contributed by atoms with Crippen LogP contribution in [0.5, 0.6) is 0 Å². The summed E-state index contributed by atoms with van der Waals surface area (Å²) in [5, 5.41) is 0. The van der Waals surface area contributed by atoms with Crippen LogP contribution in [0, 0.1) is 25.7 Å². The SMILES string of the molecule is Cc1cccc(C)c1N1CC(C(=O)N2CCCC(C)C2)CC1=O. The highest BCUT2D eigenvalue weighted by Gasteiger charge is 2.38. The lowest BCUT2D eigenvalue weighted by molar-refractivity contribution is -0.137. The van der Waals surface area contributed by atoms with Gasteiger partial charge in [0, 0.05) is 31.7 Å². The third kappa shape index (κ3) is 3.12. The van der Waals surface area contributed by atoms with Crippen LogP contribution in [0.15, 0.2) is 18.2 Å². The molecule has 2 heterocycles.